The molecular weight excluding hydrogens is 460 g/mol. The maximum atomic E-state index is 11.7. The maximum absolute atomic E-state index is 11.7. The fourth-order valence-electron chi connectivity index (χ4n) is 1.30. The SMILES string of the molecule is O=C(NN=Cc1ccc(Br)cc1O)c1cc(Br)c(Br)o1. The van der Waals surface area contributed by atoms with Crippen molar-refractivity contribution in [3.05, 3.63) is 49.2 Å². The zero-order chi connectivity index (χ0) is 14.7. The number of amides is 1. The van der Waals surface area contributed by atoms with Gasteiger partial charge in [-0.2, -0.15) is 5.10 Å². The van der Waals surface area contributed by atoms with Gasteiger partial charge in [-0.1, -0.05) is 15.9 Å². The first kappa shape index (κ1) is 15.3. The van der Waals surface area contributed by atoms with E-state index >= 15 is 0 Å². The number of hydrogen-bond acceptors (Lipinski definition) is 4. The summed E-state index contributed by atoms with van der Waals surface area (Å²) >= 11 is 9.58. The number of hydrazone groups is 1. The predicted molar refractivity (Wildman–Crippen MR) is 85.0 cm³/mol. The highest BCUT2D eigenvalue weighted by Gasteiger charge is 2.13. The van der Waals surface area contributed by atoms with Crippen LogP contribution < -0.4 is 5.43 Å². The number of phenols is 1. The fourth-order valence-corrected chi connectivity index (χ4v) is 2.23. The van der Waals surface area contributed by atoms with Gasteiger partial charge < -0.3 is 9.52 Å². The van der Waals surface area contributed by atoms with Crippen LogP contribution >= 0.6 is 47.8 Å². The lowest BCUT2D eigenvalue weighted by molar-refractivity contribution is 0.0926. The van der Waals surface area contributed by atoms with E-state index in [4.69, 9.17) is 4.42 Å². The number of hydrogen-bond donors (Lipinski definition) is 2. The highest BCUT2D eigenvalue weighted by Crippen LogP contribution is 2.26. The van der Waals surface area contributed by atoms with Gasteiger partial charge in [0.2, 0.25) is 0 Å². The van der Waals surface area contributed by atoms with Crippen LogP contribution in [0.15, 0.2) is 47.4 Å². The Hall–Kier alpha value is -1.12. The molecular formula is C12H7Br3N2O3. The number of nitrogens with one attached hydrogen (secondary N) is 1. The third kappa shape index (κ3) is 3.71. The number of carbonyl (C=O) groups excluding carboxylic acids is 1. The minimum atomic E-state index is -0.496. The second-order valence-corrected chi connectivity index (χ2v) is 6.12. The van der Waals surface area contributed by atoms with E-state index in [2.05, 4.69) is 58.3 Å². The molecule has 1 amide bonds. The van der Waals surface area contributed by atoms with Crippen molar-refractivity contribution in [3.63, 3.8) is 0 Å². The highest BCUT2D eigenvalue weighted by atomic mass is 79.9. The Balaban J connectivity index is 2.04. The Morgan fingerprint density at radius 2 is 2.05 bits per heavy atom. The molecule has 2 rings (SSSR count). The van der Waals surface area contributed by atoms with Crippen LogP contribution in [0.2, 0.25) is 0 Å². The molecule has 104 valence electrons. The molecule has 0 atom stereocenters. The molecule has 0 aliphatic rings. The molecule has 8 heteroatoms. The molecule has 0 unspecified atom stereocenters. The fraction of sp³-hybridized carbons (Fsp3) is 0. The summed E-state index contributed by atoms with van der Waals surface area (Å²) in [7, 11) is 0. The largest absolute Gasteiger partial charge is 0.507 e. The van der Waals surface area contributed by atoms with E-state index < -0.39 is 5.91 Å². The molecule has 2 aromatic rings. The van der Waals surface area contributed by atoms with E-state index in [1.165, 1.54) is 18.3 Å². The van der Waals surface area contributed by atoms with E-state index in [1.807, 2.05) is 0 Å². The minimum absolute atomic E-state index is 0.0564. The predicted octanol–water partition coefficient (Wildman–Crippen LogP) is 4.04. The van der Waals surface area contributed by atoms with Crippen LogP contribution in [0.3, 0.4) is 0 Å². The van der Waals surface area contributed by atoms with Gasteiger partial charge in [-0.3, -0.25) is 4.79 Å². The minimum Gasteiger partial charge on any atom is -0.507 e. The summed E-state index contributed by atoms with van der Waals surface area (Å²) in [6, 6.07) is 6.47. The van der Waals surface area contributed by atoms with Gasteiger partial charge in [-0.15, -0.1) is 0 Å². The van der Waals surface area contributed by atoms with Crippen LogP contribution in [0, 0.1) is 0 Å². The molecule has 20 heavy (non-hydrogen) atoms. The van der Waals surface area contributed by atoms with Crippen molar-refractivity contribution in [2.45, 2.75) is 0 Å². The molecule has 0 spiro atoms. The maximum Gasteiger partial charge on any atom is 0.307 e. The number of nitrogens with zero attached hydrogens (tertiary/aromatic N) is 1. The second kappa shape index (κ2) is 6.55. The average molecular weight is 467 g/mol. The lowest BCUT2D eigenvalue weighted by Gasteiger charge is -1.99. The number of carbonyl (C=O) groups is 1. The smallest absolute Gasteiger partial charge is 0.307 e. The summed E-state index contributed by atoms with van der Waals surface area (Å²) in [5, 5.41) is 13.4. The Morgan fingerprint density at radius 3 is 2.65 bits per heavy atom. The van der Waals surface area contributed by atoms with Gasteiger partial charge in [0, 0.05) is 16.1 Å². The molecule has 0 aliphatic carbocycles. The first-order valence-electron chi connectivity index (χ1n) is 5.24. The summed E-state index contributed by atoms with van der Waals surface area (Å²) in [6.45, 7) is 0. The first-order valence-corrected chi connectivity index (χ1v) is 7.62. The third-order valence-electron chi connectivity index (χ3n) is 2.23. The van der Waals surface area contributed by atoms with Gasteiger partial charge in [-0.25, -0.2) is 5.43 Å². The van der Waals surface area contributed by atoms with E-state index in [9.17, 15) is 9.90 Å². The zero-order valence-electron chi connectivity index (χ0n) is 9.73. The van der Waals surface area contributed by atoms with Crippen LogP contribution in [0.5, 0.6) is 5.75 Å². The molecule has 5 nitrogen and oxygen atoms in total. The molecule has 0 aliphatic heterocycles. The highest BCUT2D eigenvalue weighted by molar-refractivity contribution is 9.13. The monoisotopic (exact) mass is 464 g/mol. The second-order valence-electron chi connectivity index (χ2n) is 3.63. The topological polar surface area (TPSA) is 74.8 Å². The first-order chi connectivity index (χ1) is 9.47. The molecule has 2 N–H and O–H groups in total. The van der Waals surface area contributed by atoms with Gasteiger partial charge in [0.1, 0.15) is 5.75 Å². The summed E-state index contributed by atoms with van der Waals surface area (Å²) in [5.74, 6) is -0.328. The summed E-state index contributed by atoms with van der Waals surface area (Å²) < 4.78 is 6.96. The molecule has 0 radical (unpaired) electrons. The Kier molecular flexibility index (Phi) is 5.00. The van der Waals surface area contributed by atoms with Crippen molar-refractivity contribution in [2.24, 2.45) is 5.10 Å². The number of furan rings is 1. The van der Waals surface area contributed by atoms with E-state index in [-0.39, 0.29) is 11.5 Å². The van der Waals surface area contributed by atoms with Gasteiger partial charge in [0.15, 0.2) is 10.4 Å². The Morgan fingerprint density at radius 1 is 1.30 bits per heavy atom. The van der Waals surface area contributed by atoms with Gasteiger partial charge >= 0.3 is 5.91 Å². The van der Waals surface area contributed by atoms with Crippen molar-refractivity contribution >= 4 is 59.9 Å². The van der Waals surface area contributed by atoms with Crippen molar-refractivity contribution in [1.82, 2.24) is 5.43 Å². The third-order valence-corrected chi connectivity index (χ3v) is 4.43. The summed E-state index contributed by atoms with van der Waals surface area (Å²) in [6.07, 6.45) is 1.34. The van der Waals surface area contributed by atoms with E-state index in [0.29, 0.717) is 14.7 Å². The van der Waals surface area contributed by atoms with Gasteiger partial charge in [0.25, 0.3) is 0 Å². The van der Waals surface area contributed by atoms with E-state index in [0.717, 1.165) is 4.47 Å². The Bertz CT molecular complexity index is 663. The quantitative estimate of drug-likeness (QED) is 0.529. The summed E-state index contributed by atoms with van der Waals surface area (Å²) in [5.41, 5.74) is 2.78. The molecule has 0 saturated carbocycles. The lowest BCUT2D eigenvalue weighted by Crippen LogP contribution is -2.16. The number of benzene rings is 1. The van der Waals surface area contributed by atoms with Crippen molar-refractivity contribution in [3.8, 4) is 5.75 Å². The molecule has 1 aromatic heterocycles. The van der Waals surface area contributed by atoms with Crippen LogP contribution in [0.25, 0.3) is 0 Å². The van der Waals surface area contributed by atoms with Crippen molar-refractivity contribution in [1.29, 1.82) is 0 Å². The number of halogens is 3. The summed E-state index contributed by atoms with van der Waals surface area (Å²) in [4.78, 5) is 11.7. The lowest BCUT2D eigenvalue weighted by atomic mass is 10.2. The van der Waals surface area contributed by atoms with E-state index in [1.54, 1.807) is 12.1 Å². The number of phenolic OH excluding ortho intramolecular Hbond substituents is 1. The van der Waals surface area contributed by atoms with Gasteiger partial charge in [0.05, 0.1) is 10.7 Å². The van der Waals surface area contributed by atoms with Crippen LogP contribution in [0.4, 0.5) is 0 Å². The normalized spacial score (nSPS) is 10.9. The molecule has 0 fully saturated rings. The number of rotatable bonds is 3. The van der Waals surface area contributed by atoms with Crippen LogP contribution in [-0.2, 0) is 0 Å². The zero-order valence-corrected chi connectivity index (χ0v) is 14.5. The van der Waals surface area contributed by atoms with Crippen LogP contribution in [0.1, 0.15) is 16.1 Å². The Labute approximate surface area is 139 Å². The standard InChI is InChI=1S/C12H7Br3N2O3/c13-7-2-1-6(9(18)3-7)5-16-17-12(19)10-4-8(14)11(15)20-10/h1-5,18H,(H,17,19). The molecule has 1 aromatic carbocycles. The van der Waals surface area contributed by atoms with Gasteiger partial charge in [-0.05, 0) is 50.1 Å². The molecule has 0 bridgehead atoms. The molecule has 0 saturated heterocycles. The number of aromatic hydroxyl groups is 1. The van der Waals surface area contributed by atoms with Crippen molar-refractivity contribution < 1.29 is 14.3 Å². The molecule has 1 heterocycles. The average Bonchev–Trinajstić information content (AvgIpc) is 2.72. The van der Waals surface area contributed by atoms with Crippen molar-refractivity contribution in [2.75, 3.05) is 0 Å². The van der Waals surface area contributed by atoms with Crippen LogP contribution in [-0.4, -0.2) is 17.2 Å².